The van der Waals surface area contributed by atoms with Crippen LogP contribution >= 0.6 is 7.51 Å². The van der Waals surface area contributed by atoms with Gasteiger partial charge >= 0.3 is 7.51 Å². The van der Waals surface area contributed by atoms with Crippen LogP contribution in [-0.2, 0) is 0 Å². The Bertz CT molecular complexity index is 497. The van der Waals surface area contributed by atoms with Gasteiger partial charge in [0.05, 0.1) is 0 Å². The molecule has 0 unspecified atom stereocenters. The molecule has 0 N–H and O–H groups in total. The molecule has 136 valence electrons. The summed E-state index contributed by atoms with van der Waals surface area (Å²) in [5.74, 6) is 1.55. The summed E-state index contributed by atoms with van der Waals surface area (Å²) in [6.07, 6.45) is 0. The van der Waals surface area contributed by atoms with Gasteiger partial charge in [-0.25, -0.2) is 4.74 Å². The molecular weight excluding hydrogens is 317 g/mol. The molecule has 0 fully saturated rings. The predicted molar refractivity (Wildman–Crippen MR) is 109 cm³/mol. The van der Waals surface area contributed by atoms with Crippen molar-refractivity contribution < 1.29 is 9.05 Å². The van der Waals surface area contributed by atoms with Gasteiger partial charge in [0.2, 0.25) is 0 Å². The zero-order valence-electron chi connectivity index (χ0n) is 16.5. The summed E-state index contributed by atoms with van der Waals surface area (Å²) in [5, 5.41) is 0. The second-order valence-corrected chi connectivity index (χ2v) is 6.18. The SMILES string of the molecule is CC.CC.CC.CN=P(C)(Oc1ccccc1)Oc1ccccc1. The van der Waals surface area contributed by atoms with Crippen molar-refractivity contribution in [3.63, 3.8) is 0 Å². The highest BCUT2D eigenvalue weighted by atomic mass is 31.2. The summed E-state index contributed by atoms with van der Waals surface area (Å²) in [4.78, 5) is 0. The van der Waals surface area contributed by atoms with Crippen LogP contribution < -0.4 is 9.05 Å². The largest absolute Gasteiger partial charge is 0.430 e. The van der Waals surface area contributed by atoms with Crippen molar-refractivity contribution in [2.24, 2.45) is 4.74 Å². The molecule has 0 saturated heterocycles. The van der Waals surface area contributed by atoms with E-state index in [1.807, 2.05) is 109 Å². The lowest BCUT2D eigenvalue weighted by Crippen LogP contribution is -1.99. The highest BCUT2D eigenvalue weighted by molar-refractivity contribution is 7.56. The minimum Gasteiger partial charge on any atom is -0.430 e. The maximum absolute atomic E-state index is 5.88. The molecule has 0 heterocycles. The Morgan fingerprint density at radius 2 is 0.917 bits per heavy atom. The second-order valence-electron chi connectivity index (χ2n) is 3.81. The topological polar surface area (TPSA) is 30.8 Å². The predicted octanol–water partition coefficient (Wildman–Crippen LogP) is 7.51. The summed E-state index contributed by atoms with van der Waals surface area (Å²) in [5.41, 5.74) is 0. The van der Waals surface area contributed by atoms with E-state index in [1.165, 1.54) is 0 Å². The summed E-state index contributed by atoms with van der Waals surface area (Å²) >= 11 is 0. The van der Waals surface area contributed by atoms with E-state index >= 15 is 0 Å². The zero-order valence-corrected chi connectivity index (χ0v) is 17.4. The smallest absolute Gasteiger partial charge is 0.310 e. The molecule has 0 amide bonds. The van der Waals surface area contributed by atoms with Crippen molar-refractivity contribution in [2.45, 2.75) is 41.5 Å². The number of rotatable bonds is 4. The number of nitrogens with zero attached hydrogens (tertiary/aromatic N) is 1. The molecule has 2 aromatic carbocycles. The van der Waals surface area contributed by atoms with Gasteiger partial charge in [-0.1, -0.05) is 77.9 Å². The third kappa shape index (κ3) is 10.1. The van der Waals surface area contributed by atoms with Gasteiger partial charge in [0, 0.05) is 13.7 Å². The maximum atomic E-state index is 5.88. The zero-order chi connectivity index (χ0) is 18.8. The molecule has 0 aliphatic heterocycles. The molecule has 0 spiro atoms. The van der Waals surface area contributed by atoms with Crippen molar-refractivity contribution in [1.82, 2.24) is 0 Å². The number of hydrogen-bond acceptors (Lipinski definition) is 3. The highest BCUT2D eigenvalue weighted by Crippen LogP contribution is 2.47. The lowest BCUT2D eigenvalue weighted by atomic mass is 10.3. The van der Waals surface area contributed by atoms with Gasteiger partial charge in [-0.2, -0.15) is 0 Å². The van der Waals surface area contributed by atoms with Crippen LogP contribution in [0.2, 0.25) is 0 Å². The Morgan fingerprint density at radius 3 is 1.17 bits per heavy atom. The number of hydrogen-bond donors (Lipinski definition) is 0. The van der Waals surface area contributed by atoms with Crippen LogP contribution in [0.5, 0.6) is 11.5 Å². The van der Waals surface area contributed by atoms with Crippen molar-refractivity contribution in [3.8, 4) is 11.5 Å². The minimum absolute atomic E-state index is 0.773. The normalized spacial score (nSPS) is 8.83. The molecule has 0 bridgehead atoms. The monoisotopic (exact) mass is 351 g/mol. The fraction of sp³-hybridized carbons (Fsp3) is 0.400. The Kier molecular flexibility index (Phi) is 16.5. The average Bonchev–Trinajstić information content (AvgIpc) is 2.68. The standard InChI is InChI=1S/C14H16NO2P.3C2H6/c1-15-18(2,16-13-9-5-3-6-10-13)17-14-11-7-4-8-12-14;3*1-2/h3-12H,1-2H3;3*1-2H3. The molecule has 3 nitrogen and oxygen atoms in total. The Labute approximate surface area is 149 Å². The van der Waals surface area contributed by atoms with Crippen LogP contribution in [0.25, 0.3) is 0 Å². The molecule has 2 rings (SSSR count). The molecule has 4 heteroatoms. The van der Waals surface area contributed by atoms with Gasteiger partial charge in [-0.3, -0.25) is 0 Å². The van der Waals surface area contributed by atoms with Crippen LogP contribution in [0.4, 0.5) is 0 Å². The van der Waals surface area contributed by atoms with Gasteiger partial charge < -0.3 is 9.05 Å². The Balaban J connectivity index is 0. The van der Waals surface area contributed by atoms with Gasteiger partial charge in [0.25, 0.3) is 0 Å². The second kappa shape index (κ2) is 16.1. The van der Waals surface area contributed by atoms with Crippen LogP contribution in [0, 0.1) is 0 Å². The maximum Gasteiger partial charge on any atom is 0.310 e. The molecule has 0 saturated carbocycles. The first-order chi connectivity index (χ1) is 11.7. The third-order valence-corrected chi connectivity index (χ3v) is 4.23. The van der Waals surface area contributed by atoms with E-state index in [9.17, 15) is 0 Å². The average molecular weight is 351 g/mol. The molecule has 0 aliphatic carbocycles. The highest BCUT2D eigenvalue weighted by Gasteiger charge is 2.16. The lowest BCUT2D eigenvalue weighted by molar-refractivity contribution is 0.481. The Hall–Kier alpha value is -1.73. The first-order valence-electron chi connectivity index (χ1n) is 8.69. The summed E-state index contributed by atoms with van der Waals surface area (Å²) in [7, 11) is -0.547. The molecule has 0 aliphatic rings. The molecule has 0 aromatic heterocycles. The summed E-state index contributed by atoms with van der Waals surface area (Å²) in [6, 6.07) is 19.2. The molecule has 0 atom stereocenters. The van der Waals surface area contributed by atoms with E-state index in [4.69, 9.17) is 9.05 Å². The van der Waals surface area contributed by atoms with E-state index in [0.29, 0.717) is 0 Å². The van der Waals surface area contributed by atoms with Gasteiger partial charge in [0.1, 0.15) is 11.5 Å². The number of benzene rings is 2. The van der Waals surface area contributed by atoms with E-state index in [2.05, 4.69) is 4.74 Å². The van der Waals surface area contributed by atoms with Crippen molar-refractivity contribution >= 4 is 7.51 Å². The van der Waals surface area contributed by atoms with E-state index in [-0.39, 0.29) is 0 Å². The van der Waals surface area contributed by atoms with Crippen LogP contribution in [0.15, 0.2) is 65.4 Å². The third-order valence-electron chi connectivity index (χ3n) is 2.40. The first-order valence-corrected chi connectivity index (χ1v) is 10.7. The fourth-order valence-corrected chi connectivity index (χ4v) is 2.68. The molecule has 24 heavy (non-hydrogen) atoms. The van der Waals surface area contributed by atoms with E-state index < -0.39 is 7.51 Å². The van der Waals surface area contributed by atoms with Crippen molar-refractivity contribution in [3.05, 3.63) is 60.7 Å². The van der Waals surface area contributed by atoms with Crippen molar-refractivity contribution in [2.75, 3.05) is 13.7 Å². The quantitative estimate of drug-likeness (QED) is 0.533. The first kappa shape index (κ1) is 24.5. The summed E-state index contributed by atoms with van der Waals surface area (Å²) in [6.45, 7) is 13.9. The Morgan fingerprint density at radius 1 is 0.625 bits per heavy atom. The molecule has 0 radical (unpaired) electrons. The fourth-order valence-electron chi connectivity index (χ4n) is 1.45. The lowest BCUT2D eigenvalue weighted by Gasteiger charge is -2.21. The molecule has 2 aromatic rings. The van der Waals surface area contributed by atoms with E-state index in [1.54, 1.807) is 7.05 Å². The van der Waals surface area contributed by atoms with Crippen molar-refractivity contribution in [1.29, 1.82) is 0 Å². The van der Waals surface area contributed by atoms with E-state index in [0.717, 1.165) is 11.5 Å². The van der Waals surface area contributed by atoms with Gasteiger partial charge in [0.15, 0.2) is 0 Å². The van der Waals surface area contributed by atoms with Crippen LogP contribution in [0.1, 0.15) is 41.5 Å². The van der Waals surface area contributed by atoms with Crippen LogP contribution in [0.3, 0.4) is 0 Å². The van der Waals surface area contributed by atoms with Crippen LogP contribution in [-0.4, -0.2) is 13.7 Å². The van der Waals surface area contributed by atoms with Gasteiger partial charge in [-0.15, -0.1) is 0 Å². The number of para-hydroxylation sites is 2. The minimum atomic E-state index is -2.27. The van der Waals surface area contributed by atoms with Gasteiger partial charge in [-0.05, 0) is 24.3 Å². The summed E-state index contributed by atoms with van der Waals surface area (Å²) < 4.78 is 16.0. The molecular formula is C20H34NO2P.